The van der Waals surface area contributed by atoms with Gasteiger partial charge in [0.2, 0.25) is 0 Å². The fourth-order valence-electron chi connectivity index (χ4n) is 0.400. The van der Waals surface area contributed by atoms with Crippen molar-refractivity contribution in [2.75, 3.05) is 28.2 Å². The summed E-state index contributed by atoms with van der Waals surface area (Å²) in [4.78, 5) is 3.94. The molecule has 0 aliphatic rings. The van der Waals surface area contributed by atoms with E-state index in [0.717, 1.165) is 5.82 Å². The van der Waals surface area contributed by atoms with E-state index in [4.69, 9.17) is 0 Å². The first-order valence-corrected chi connectivity index (χ1v) is 2.59. The van der Waals surface area contributed by atoms with Gasteiger partial charge in [-0.25, -0.2) is 0 Å². The minimum absolute atomic E-state index is 0. The van der Waals surface area contributed by atoms with Crippen LogP contribution < -0.4 is 0 Å². The van der Waals surface area contributed by atoms with Gasteiger partial charge in [-0.15, -0.1) is 0 Å². The fraction of sp³-hybridized carbons (Fsp3) is 0.714. The van der Waals surface area contributed by atoms with Crippen molar-refractivity contribution in [2.45, 2.75) is 7.43 Å². The lowest BCUT2D eigenvalue weighted by atomic mass is 10.6. The first-order valence-electron chi connectivity index (χ1n) is 2.59. The Morgan fingerprint density at radius 3 is 1.22 bits per heavy atom. The Hall–Kier alpha value is -0.660. The highest BCUT2D eigenvalue weighted by atomic mass is 15.3. The zero-order valence-electron chi connectivity index (χ0n) is 6.10. The second-order valence-electron chi connectivity index (χ2n) is 2.21. The third kappa shape index (κ3) is 3.88. The predicted octanol–water partition coefficient (Wildman–Crippen LogP) is 1.22. The maximum Gasteiger partial charge on any atom is 0.0954 e. The first-order chi connectivity index (χ1) is 3.55. The van der Waals surface area contributed by atoms with Gasteiger partial charge in [-0.05, 0) is 0 Å². The van der Waals surface area contributed by atoms with Crippen LogP contribution in [0.2, 0.25) is 0 Å². The summed E-state index contributed by atoms with van der Waals surface area (Å²) in [5.74, 6) is 1.02. The lowest BCUT2D eigenvalue weighted by Gasteiger charge is -2.22. The molecule has 0 atom stereocenters. The molecule has 0 aromatic carbocycles. The van der Waals surface area contributed by atoms with Crippen LogP contribution in [-0.4, -0.2) is 38.0 Å². The Morgan fingerprint density at radius 2 is 1.22 bits per heavy atom. The molecule has 0 rings (SSSR count). The van der Waals surface area contributed by atoms with Crippen LogP contribution in [-0.2, 0) is 0 Å². The Morgan fingerprint density at radius 1 is 1.00 bits per heavy atom. The summed E-state index contributed by atoms with van der Waals surface area (Å²) in [6.07, 6.45) is 0. The molecular weight excluding hydrogens is 112 g/mol. The summed E-state index contributed by atoms with van der Waals surface area (Å²) in [6, 6.07) is 0. The highest BCUT2D eigenvalue weighted by molar-refractivity contribution is 4.86. The van der Waals surface area contributed by atoms with Gasteiger partial charge in [-0.2, -0.15) is 0 Å². The van der Waals surface area contributed by atoms with E-state index >= 15 is 0 Å². The number of hydrogen-bond donors (Lipinski definition) is 0. The molecule has 0 amide bonds. The standard InChI is InChI=1S/C6H14N2.CH4/c1-6(7(2)3)8(4)5;/h1H2,2-5H3;1H4. The van der Waals surface area contributed by atoms with Crippen molar-refractivity contribution in [3.8, 4) is 0 Å². The summed E-state index contributed by atoms with van der Waals surface area (Å²) in [5.41, 5.74) is 0. The molecule has 9 heavy (non-hydrogen) atoms. The van der Waals surface area contributed by atoms with Gasteiger partial charge >= 0.3 is 0 Å². The second kappa shape index (κ2) is 4.24. The Balaban J connectivity index is 0. The maximum atomic E-state index is 3.81. The van der Waals surface area contributed by atoms with Gasteiger partial charge in [0, 0.05) is 28.2 Å². The smallest absolute Gasteiger partial charge is 0.0954 e. The van der Waals surface area contributed by atoms with Gasteiger partial charge < -0.3 is 9.80 Å². The molecule has 2 heteroatoms. The van der Waals surface area contributed by atoms with Crippen molar-refractivity contribution in [1.29, 1.82) is 0 Å². The molecule has 0 aromatic heterocycles. The van der Waals surface area contributed by atoms with Gasteiger partial charge in [-0.3, -0.25) is 0 Å². The molecule has 0 spiro atoms. The van der Waals surface area contributed by atoms with E-state index in [-0.39, 0.29) is 7.43 Å². The summed E-state index contributed by atoms with van der Waals surface area (Å²) in [5, 5.41) is 0. The van der Waals surface area contributed by atoms with Crippen LogP contribution in [0.25, 0.3) is 0 Å². The molecule has 0 saturated heterocycles. The summed E-state index contributed by atoms with van der Waals surface area (Å²) in [6.45, 7) is 3.81. The minimum Gasteiger partial charge on any atom is -0.365 e. The molecule has 0 fully saturated rings. The molecule has 0 heterocycles. The third-order valence-electron chi connectivity index (χ3n) is 1.03. The number of nitrogens with zero attached hydrogens (tertiary/aromatic N) is 2. The minimum atomic E-state index is 0. The molecule has 56 valence electrons. The van der Waals surface area contributed by atoms with E-state index in [9.17, 15) is 0 Å². The maximum absolute atomic E-state index is 3.81. The van der Waals surface area contributed by atoms with Crippen LogP contribution in [0.4, 0.5) is 0 Å². The molecule has 0 radical (unpaired) electrons. The Kier molecular flexibility index (Phi) is 5.27. The van der Waals surface area contributed by atoms with E-state index in [1.165, 1.54) is 0 Å². The number of rotatable bonds is 2. The number of hydrogen-bond acceptors (Lipinski definition) is 2. The zero-order valence-corrected chi connectivity index (χ0v) is 6.10. The molecule has 0 aliphatic heterocycles. The summed E-state index contributed by atoms with van der Waals surface area (Å²) < 4.78 is 0. The molecule has 0 N–H and O–H groups in total. The van der Waals surface area contributed by atoms with Crippen LogP contribution in [0, 0.1) is 0 Å². The van der Waals surface area contributed by atoms with E-state index in [0.29, 0.717) is 0 Å². The SMILES string of the molecule is C.C=C(N(C)C)N(C)C. The van der Waals surface area contributed by atoms with Gasteiger partial charge in [0.25, 0.3) is 0 Å². The fourth-order valence-corrected chi connectivity index (χ4v) is 0.400. The predicted molar refractivity (Wildman–Crippen MR) is 43.2 cm³/mol. The molecule has 0 unspecified atom stereocenters. The quantitative estimate of drug-likeness (QED) is 0.554. The summed E-state index contributed by atoms with van der Waals surface area (Å²) in [7, 11) is 7.90. The monoisotopic (exact) mass is 130 g/mol. The average molecular weight is 130 g/mol. The molecular formula is C7H18N2. The normalized spacial score (nSPS) is 7.56. The van der Waals surface area contributed by atoms with Crippen molar-refractivity contribution in [1.82, 2.24) is 9.80 Å². The van der Waals surface area contributed by atoms with E-state index in [1.807, 2.05) is 38.0 Å². The first kappa shape index (κ1) is 11.2. The van der Waals surface area contributed by atoms with Gasteiger partial charge in [0.1, 0.15) is 0 Å². The highest BCUT2D eigenvalue weighted by Gasteiger charge is 1.94. The van der Waals surface area contributed by atoms with E-state index in [1.54, 1.807) is 0 Å². The highest BCUT2D eigenvalue weighted by Crippen LogP contribution is 1.94. The Labute approximate surface area is 58.8 Å². The molecule has 2 nitrogen and oxygen atoms in total. The van der Waals surface area contributed by atoms with Gasteiger partial charge in [0.15, 0.2) is 0 Å². The molecule has 0 saturated carbocycles. The lowest BCUT2D eigenvalue weighted by Crippen LogP contribution is -2.23. The largest absolute Gasteiger partial charge is 0.365 e. The second-order valence-corrected chi connectivity index (χ2v) is 2.21. The van der Waals surface area contributed by atoms with Crippen LogP contribution in [0.5, 0.6) is 0 Å². The van der Waals surface area contributed by atoms with Gasteiger partial charge in [-0.1, -0.05) is 14.0 Å². The Bertz CT molecular complexity index is 74.9. The van der Waals surface area contributed by atoms with Crippen LogP contribution in [0.3, 0.4) is 0 Å². The van der Waals surface area contributed by atoms with Crippen molar-refractivity contribution in [3.05, 3.63) is 12.4 Å². The van der Waals surface area contributed by atoms with Crippen LogP contribution in [0.15, 0.2) is 12.4 Å². The third-order valence-corrected chi connectivity index (χ3v) is 1.03. The molecule has 0 bridgehead atoms. The van der Waals surface area contributed by atoms with Crippen molar-refractivity contribution < 1.29 is 0 Å². The zero-order chi connectivity index (χ0) is 6.73. The van der Waals surface area contributed by atoms with Crippen molar-refractivity contribution in [2.24, 2.45) is 0 Å². The van der Waals surface area contributed by atoms with Crippen LogP contribution >= 0.6 is 0 Å². The van der Waals surface area contributed by atoms with Crippen molar-refractivity contribution in [3.63, 3.8) is 0 Å². The lowest BCUT2D eigenvalue weighted by molar-refractivity contribution is 0.345. The van der Waals surface area contributed by atoms with Crippen LogP contribution in [0.1, 0.15) is 7.43 Å². The average Bonchev–Trinajstić information content (AvgIpc) is 1.64. The van der Waals surface area contributed by atoms with Gasteiger partial charge in [0.05, 0.1) is 5.82 Å². The van der Waals surface area contributed by atoms with Crippen molar-refractivity contribution >= 4 is 0 Å². The summed E-state index contributed by atoms with van der Waals surface area (Å²) >= 11 is 0. The topological polar surface area (TPSA) is 6.48 Å². The molecule has 0 aromatic rings. The van der Waals surface area contributed by atoms with E-state index < -0.39 is 0 Å². The van der Waals surface area contributed by atoms with E-state index in [2.05, 4.69) is 6.58 Å². The molecule has 0 aliphatic carbocycles.